The fourth-order valence-electron chi connectivity index (χ4n) is 2.61. The average molecular weight is 400 g/mol. The summed E-state index contributed by atoms with van der Waals surface area (Å²) in [7, 11) is -3.61. The van der Waals surface area contributed by atoms with Gasteiger partial charge in [0.1, 0.15) is 5.69 Å². The molecule has 0 radical (unpaired) electrons. The number of rotatable bonds is 4. The van der Waals surface area contributed by atoms with Crippen LogP contribution in [0.15, 0.2) is 39.3 Å². The fraction of sp³-hybridized carbons (Fsp3) is 0.286. The van der Waals surface area contributed by atoms with Gasteiger partial charge in [0.25, 0.3) is 0 Å². The summed E-state index contributed by atoms with van der Waals surface area (Å²) in [5, 5.41) is 9.01. The third-order valence-electron chi connectivity index (χ3n) is 3.56. The molecule has 1 aromatic carbocycles. The molecule has 2 N–H and O–H groups in total. The Bertz CT molecular complexity index is 849. The molecule has 1 amide bonds. The van der Waals surface area contributed by atoms with Crippen LogP contribution >= 0.6 is 15.9 Å². The van der Waals surface area contributed by atoms with Crippen LogP contribution in [0.5, 0.6) is 0 Å². The summed E-state index contributed by atoms with van der Waals surface area (Å²) in [6.07, 6.45) is 0.128. The Morgan fingerprint density at radius 2 is 2.17 bits per heavy atom. The Labute approximate surface area is 141 Å². The van der Waals surface area contributed by atoms with E-state index in [9.17, 15) is 13.2 Å². The standard InChI is InChI=1S/C14H14BrN3O4S/c15-11-3-1-2-10(5-11)12-6-14(22-17-12)18-7-9(4-13(18)19)8-23(16,20)21/h1-3,5-6,9H,4,7-8H2,(H2,16,20,21). The minimum atomic E-state index is -3.61. The highest BCUT2D eigenvalue weighted by atomic mass is 79.9. The SMILES string of the molecule is NS(=O)(=O)CC1CC(=O)N(c2cc(-c3cccc(Br)c3)no2)C1. The maximum absolute atomic E-state index is 12.1. The second-order valence-corrected chi connectivity index (χ2v) is 8.04. The normalized spacial score (nSPS) is 18.6. The number of amides is 1. The summed E-state index contributed by atoms with van der Waals surface area (Å²) < 4.78 is 28.5. The monoisotopic (exact) mass is 399 g/mol. The molecular formula is C14H14BrN3O4S. The van der Waals surface area contributed by atoms with Crippen molar-refractivity contribution in [1.82, 2.24) is 5.16 Å². The molecule has 122 valence electrons. The number of sulfonamides is 1. The quantitative estimate of drug-likeness (QED) is 0.842. The van der Waals surface area contributed by atoms with E-state index < -0.39 is 10.0 Å². The lowest BCUT2D eigenvalue weighted by atomic mass is 10.1. The third-order valence-corrected chi connectivity index (χ3v) is 4.99. The van der Waals surface area contributed by atoms with Crippen LogP contribution in [0.1, 0.15) is 6.42 Å². The highest BCUT2D eigenvalue weighted by Crippen LogP contribution is 2.30. The fourth-order valence-corrected chi connectivity index (χ4v) is 3.89. The predicted octanol–water partition coefficient (Wildman–Crippen LogP) is 1.75. The molecular weight excluding hydrogens is 386 g/mol. The van der Waals surface area contributed by atoms with Gasteiger partial charge in [-0.1, -0.05) is 33.2 Å². The number of benzene rings is 1. The van der Waals surface area contributed by atoms with Crippen LogP contribution in [-0.2, 0) is 14.8 Å². The average Bonchev–Trinajstić information content (AvgIpc) is 3.03. The Kier molecular flexibility index (Phi) is 4.26. The summed E-state index contributed by atoms with van der Waals surface area (Å²) in [5.41, 5.74) is 1.45. The van der Waals surface area contributed by atoms with Gasteiger partial charge in [-0.3, -0.25) is 9.69 Å². The number of hydrogen-bond acceptors (Lipinski definition) is 5. The third kappa shape index (κ3) is 3.80. The summed E-state index contributed by atoms with van der Waals surface area (Å²) >= 11 is 3.39. The van der Waals surface area contributed by atoms with Gasteiger partial charge in [-0.15, -0.1) is 0 Å². The van der Waals surface area contributed by atoms with Crippen LogP contribution in [0.2, 0.25) is 0 Å². The van der Waals surface area contributed by atoms with Gasteiger partial charge in [0.2, 0.25) is 21.8 Å². The maximum atomic E-state index is 12.1. The van der Waals surface area contributed by atoms with Crippen LogP contribution in [0.3, 0.4) is 0 Å². The number of halogens is 1. The van der Waals surface area contributed by atoms with E-state index >= 15 is 0 Å². The van der Waals surface area contributed by atoms with Gasteiger partial charge >= 0.3 is 0 Å². The van der Waals surface area contributed by atoms with Crippen molar-refractivity contribution in [2.45, 2.75) is 6.42 Å². The highest BCUT2D eigenvalue weighted by Gasteiger charge is 2.34. The number of anilines is 1. The van der Waals surface area contributed by atoms with E-state index in [0.29, 0.717) is 11.6 Å². The predicted molar refractivity (Wildman–Crippen MR) is 88.1 cm³/mol. The molecule has 0 saturated carbocycles. The van der Waals surface area contributed by atoms with Crippen LogP contribution in [0, 0.1) is 5.92 Å². The van der Waals surface area contributed by atoms with Crippen LogP contribution < -0.4 is 10.0 Å². The first kappa shape index (κ1) is 16.2. The summed E-state index contributed by atoms with van der Waals surface area (Å²) in [6.45, 7) is 0.252. The Morgan fingerprint density at radius 1 is 1.39 bits per heavy atom. The van der Waals surface area contributed by atoms with Crippen molar-refractivity contribution in [3.8, 4) is 11.3 Å². The molecule has 23 heavy (non-hydrogen) atoms. The number of aromatic nitrogens is 1. The van der Waals surface area contributed by atoms with Crippen molar-refractivity contribution in [2.24, 2.45) is 11.1 Å². The molecule has 2 aromatic rings. The summed E-state index contributed by atoms with van der Waals surface area (Å²) in [5.74, 6) is -0.448. The molecule has 9 heteroatoms. The minimum Gasteiger partial charge on any atom is -0.338 e. The summed E-state index contributed by atoms with van der Waals surface area (Å²) in [4.78, 5) is 13.5. The van der Waals surface area contributed by atoms with Gasteiger partial charge in [0.15, 0.2) is 0 Å². The molecule has 2 heterocycles. The number of nitrogens with two attached hydrogens (primary N) is 1. The van der Waals surface area contributed by atoms with E-state index in [1.807, 2.05) is 24.3 Å². The van der Waals surface area contributed by atoms with E-state index in [2.05, 4.69) is 21.1 Å². The molecule has 1 aliphatic heterocycles. The Morgan fingerprint density at radius 3 is 2.87 bits per heavy atom. The molecule has 7 nitrogen and oxygen atoms in total. The molecule has 0 spiro atoms. The lowest BCUT2D eigenvalue weighted by Crippen LogP contribution is -2.27. The molecule has 0 bridgehead atoms. The Hall–Kier alpha value is -1.71. The van der Waals surface area contributed by atoms with E-state index in [4.69, 9.17) is 9.66 Å². The molecule has 1 fully saturated rings. The molecule has 0 aliphatic carbocycles. The number of hydrogen-bond donors (Lipinski definition) is 1. The van der Waals surface area contributed by atoms with Crippen molar-refractivity contribution < 1.29 is 17.7 Å². The Balaban J connectivity index is 1.79. The zero-order chi connectivity index (χ0) is 16.6. The van der Waals surface area contributed by atoms with Gasteiger partial charge in [0.05, 0.1) is 5.75 Å². The van der Waals surface area contributed by atoms with Crippen molar-refractivity contribution in [1.29, 1.82) is 0 Å². The zero-order valence-electron chi connectivity index (χ0n) is 12.0. The lowest BCUT2D eigenvalue weighted by Gasteiger charge is -2.11. The second-order valence-electron chi connectivity index (χ2n) is 5.46. The number of primary sulfonamides is 1. The molecule has 1 atom stereocenters. The van der Waals surface area contributed by atoms with Gasteiger partial charge in [-0.2, -0.15) is 0 Å². The van der Waals surface area contributed by atoms with Crippen LogP contribution in [0.4, 0.5) is 5.88 Å². The van der Waals surface area contributed by atoms with Crippen molar-refractivity contribution in [3.63, 3.8) is 0 Å². The highest BCUT2D eigenvalue weighted by molar-refractivity contribution is 9.10. The molecule has 1 aliphatic rings. The number of carbonyl (C=O) groups excluding carboxylic acids is 1. The number of nitrogens with zero attached hydrogens (tertiary/aromatic N) is 2. The minimum absolute atomic E-state index is 0.128. The maximum Gasteiger partial charge on any atom is 0.234 e. The van der Waals surface area contributed by atoms with Crippen molar-refractivity contribution in [3.05, 3.63) is 34.8 Å². The van der Waals surface area contributed by atoms with E-state index in [0.717, 1.165) is 10.0 Å². The molecule has 1 aromatic heterocycles. The smallest absolute Gasteiger partial charge is 0.234 e. The van der Waals surface area contributed by atoms with Crippen LogP contribution in [-0.4, -0.2) is 31.8 Å². The van der Waals surface area contributed by atoms with Gasteiger partial charge in [-0.25, -0.2) is 13.6 Å². The van der Waals surface area contributed by atoms with E-state index in [1.165, 1.54) is 4.90 Å². The molecule has 3 rings (SSSR count). The van der Waals surface area contributed by atoms with E-state index in [-0.39, 0.29) is 30.5 Å². The van der Waals surface area contributed by atoms with Gasteiger partial charge in [-0.05, 0) is 12.1 Å². The van der Waals surface area contributed by atoms with Crippen LogP contribution in [0.25, 0.3) is 11.3 Å². The first-order valence-electron chi connectivity index (χ1n) is 6.85. The van der Waals surface area contributed by atoms with Gasteiger partial charge < -0.3 is 4.52 Å². The lowest BCUT2D eigenvalue weighted by molar-refractivity contribution is -0.117. The zero-order valence-corrected chi connectivity index (χ0v) is 14.4. The van der Waals surface area contributed by atoms with E-state index in [1.54, 1.807) is 6.07 Å². The summed E-state index contributed by atoms with van der Waals surface area (Å²) in [6, 6.07) is 9.20. The first-order chi connectivity index (χ1) is 10.8. The van der Waals surface area contributed by atoms with Crippen molar-refractivity contribution >= 4 is 37.7 Å². The number of carbonyl (C=O) groups is 1. The molecule has 1 unspecified atom stereocenters. The first-order valence-corrected chi connectivity index (χ1v) is 9.36. The largest absolute Gasteiger partial charge is 0.338 e. The van der Waals surface area contributed by atoms with Crippen molar-refractivity contribution in [2.75, 3.05) is 17.2 Å². The topological polar surface area (TPSA) is 106 Å². The van der Waals surface area contributed by atoms with Gasteiger partial charge in [0, 0.05) is 35.0 Å². The second kappa shape index (κ2) is 6.06. The molecule has 1 saturated heterocycles.